The summed E-state index contributed by atoms with van der Waals surface area (Å²) in [6, 6.07) is 7.48. The van der Waals surface area contributed by atoms with Gasteiger partial charge in [0.05, 0.1) is 11.6 Å². The van der Waals surface area contributed by atoms with Crippen LogP contribution in [0.1, 0.15) is 6.92 Å². The van der Waals surface area contributed by atoms with Gasteiger partial charge in [-0.3, -0.25) is 0 Å². The third kappa shape index (κ3) is 3.51. The van der Waals surface area contributed by atoms with E-state index in [2.05, 4.69) is 36.5 Å². The highest BCUT2D eigenvalue weighted by molar-refractivity contribution is 9.10. The summed E-state index contributed by atoms with van der Waals surface area (Å²) in [6.07, 6.45) is 0. The summed E-state index contributed by atoms with van der Waals surface area (Å²) in [5.74, 6) is 2.27. The molecule has 0 saturated carbocycles. The molecule has 0 unspecified atom stereocenters. The summed E-state index contributed by atoms with van der Waals surface area (Å²) >= 11 is 3.41. The van der Waals surface area contributed by atoms with Crippen molar-refractivity contribution < 1.29 is 4.74 Å². The van der Waals surface area contributed by atoms with Crippen LogP contribution in [0.3, 0.4) is 0 Å². The normalized spacial score (nSPS) is 10.2. The Kier molecular flexibility index (Phi) is 4.62. The van der Waals surface area contributed by atoms with Crippen molar-refractivity contribution in [2.75, 3.05) is 30.0 Å². The molecule has 0 atom stereocenters. The monoisotopic (exact) mass is 337 g/mol. The molecule has 4 N–H and O–H groups in total. The molecule has 1 aromatic carbocycles. The number of methoxy groups -OCH3 is 1. The van der Waals surface area contributed by atoms with Gasteiger partial charge >= 0.3 is 0 Å². The van der Waals surface area contributed by atoms with E-state index in [-0.39, 0.29) is 5.95 Å². The van der Waals surface area contributed by atoms with Gasteiger partial charge in [-0.15, -0.1) is 0 Å². The molecular weight excluding hydrogens is 322 g/mol. The van der Waals surface area contributed by atoms with Crippen LogP contribution in [-0.4, -0.2) is 23.6 Å². The number of nitrogens with one attached hydrogen (secondary N) is 2. The molecule has 106 valence electrons. The largest absolute Gasteiger partial charge is 0.495 e. The number of nitrogens with zero attached hydrogens (tertiary/aromatic N) is 2. The van der Waals surface area contributed by atoms with Crippen LogP contribution >= 0.6 is 15.9 Å². The summed E-state index contributed by atoms with van der Waals surface area (Å²) in [7, 11) is 1.62. The van der Waals surface area contributed by atoms with E-state index in [1.807, 2.05) is 25.1 Å². The molecule has 0 aliphatic heterocycles. The van der Waals surface area contributed by atoms with Gasteiger partial charge in [0.15, 0.2) is 0 Å². The first-order chi connectivity index (χ1) is 9.62. The van der Waals surface area contributed by atoms with Gasteiger partial charge in [0.2, 0.25) is 5.95 Å². The zero-order valence-electron chi connectivity index (χ0n) is 11.3. The summed E-state index contributed by atoms with van der Waals surface area (Å²) in [5.41, 5.74) is 6.54. The van der Waals surface area contributed by atoms with Crippen molar-refractivity contribution in [1.82, 2.24) is 9.97 Å². The van der Waals surface area contributed by atoms with Gasteiger partial charge in [-0.25, -0.2) is 0 Å². The lowest BCUT2D eigenvalue weighted by Crippen LogP contribution is -2.05. The number of benzene rings is 1. The van der Waals surface area contributed by atoms with Gasteiger partial charge in [-0.2, -0.15) is 9.97 Å². The van der Waals surface area contributed by atoms with E-state index >= 15 is 0 Å². The Bertz CT molecular complexity index is 605. The quantitative estimate of drug-likeness (QED) is 0.777. The van der Waals surface area contributed by atoms with Crippen molar-refractivity contribution in [1.29, 1.82) is 0 Å². The average Bonchev–Trinajstić information content (AvgIpc) is 2.40. The van der Waals surface area contributed by atoms with Gasteiger partial charge in [0.25, 0.3) is 0 Å². The Morgan fingerprint density at radius 3 is 2.70 bits per heavy atom. The second kappa shape index (κ2) is 6.42. The van der Waals surface area contributed by atoms with Crippen LogP contribution in [0.5, 0.6) is 5.75 Å². The van der Waals surface area contributed by atoms with E-state index in [1.54, 1.807) is 13.2 Å². The molecule has 0 aliphatic rings. The van der Waals surface area contributed by atoms with E-state index in [0.717, 1.165) is 22.5 Å². The molecule has 0 amide bonds. The number of halogens is 1. The number of aromatic nitrogens is 2. The standard InChI is InChI=1S/C13H16BrN5O/c1-3-16-11-7-12(19-13(15)18-11)17-8-4-5-9(14)10(6-8)20-2/h4-7H,3H2,1-2H3,(H4,15,16,17,18,19). The molecule has 7 heteroatoms. The highest BCUT2D eigenvalue weighted by Crippen LogP contribution is 2.29. The van der Waals surface area contributed by atoms with E-state index in [4.69, 9.17) is 10.5 Å². The van der Waals surface area contributed by atoms with Gasteiger partial charge in [-0.05, 0) is 35.0 Å². The van der Waals surface area contributed by atoms with Crippen LogP contribution in [0.2, 0.25) is 0 Å². The summed E-state index contributed by atoms with van der Waals surface area (Å²) in [5, 5.41) is 6.28. The Morgan fingerprint density at radius 1 is 1.25 bits per heavy atom. The average molecular weight is 338 g/mol. The fourth-order valence-corrected chi connectivity index (χ4v) is 2.10. The highest BCUT2D eigenvalue weighted by Gasteiger charge is 2.05. The van der Waals surface area contributed by atoms with Crippen molar-refractivity contribution in [3.63, 3.8) is 0 Å². The second-order valence-electron chi connectivity index (χ2n) is 4.00. The number of rotatable bonds is 5. The molecule has 0 radical (unpaired) electrons. The molecule has 0 spiro atoms. The van der Waals surface area contributed by atoms with Gasteiger partial charge in [-0.1, -0.05) is 0 Å². The van der Waals surface area contributed by atoms with Crippen molar-refractivity contribution in [2.24, 2.45) is 0 Å². The first kappa shape index (κ1) is 14.4. The number of ether oxygens (including phenoxy) is 1. The smallest absolute Gasteiger partial charge is 0.223 e. The highest BCUT2D eigenvalue weighted by atomic mass is 79.9. The summed E-state index contributed by atoms with van der Waals surface area (Å²) in [4.78, 5) is 8.25. The molecular formula is C13H16BrN5O. The molecule has 6 nitrogen and oxygen atoms in total. The molecule has 2 aromatic rings. The molecule has 1 aromatic heterocycles. The Balaban J connectivity index is 2.25. The second-order valence-corrected chi connectivity index (χ2v) is 4.86. The molecule has 0 saturated heterocycles. The maximum absolute atomic E-state index is 5.69. The van der Waals surface area contributed by atoms with Crippen LogP contribution in [-0.2, 0) is 0 Å². The third-order valence-electron chi connectivity index (χ3n) is 2.52. The van der Waals surface area contributed by atoms with Crippen LogP contribution in [0.15, 0.2) is 28.7 Å². The molecule has 0 fully saturated rings. The van der Waals surface area contributed by atoms with Crippen molar-refractivity contribution >= 4 is 39.2 Å². The topological polar surface area (TPSA) is 85.1 Å². The van der Waals surface area contributed by atoms with Crippen LogP contribution in [0.4, 0.5) is 23.3 Å². The Hall–Kier alpha value is -2.02. The maximum atomic E-state index is 5.69. The zero-order valence-corrected chi connectivity index (χ0v) is 12.9. The van der Waals surface area contributed by atoms with Crippen molar-refractivity contribution in [2.45, 2.75) is 6.92 Å². The zero-order chi connectivity index (χ0) is 14.5. The molecule has 20 heavy (non-hydrogen) atoms. The lowest BCUT2D eigenvalue weighted by atomic mass is 10.3. The van der Waals surface area contributed by atoms with E-state index in [0.29, 0.717) is 11.6 Å². The van der Waals surface area contributed by atoms with Crippen molar-refractivity contribution in [3.05, 3.63) is 28.7 Å². The molecule has 2 rings (SSSR count). The SMILES string of the molecule is CCNc1cc(Nc2ccc(Br)c(OC)c2)nc(N)n1. The van der Waals surface area contributed by atoms with Gasteiger partial charge in [0.1, 0.15) is 17.4 Å². The van der Waals surface area contributed by atoms with Gasteiger partial charge in [0, 0.05) is 24.4 Å². The summed E-state index contributed by atoms with van der Waals surface area (Å²) < 4.78 is 6.14. The molecule has 1 heterocycles. The van der Waals surface area contributed by atoms with Crippen LogP contribution < -0.4 is 21.1 Å². The maximum Gasteiger partial charge on any atom is 0.223 e. The molecule has 0 bridgehead atoms. The van der Waals surface area contributed by atoms with E-state index in [9.17, 15) is 0 Å². The first-order valence-corrected chi connectivity index (χ1v) is 6.90. The lowest BCUT2D eigenvalue weighted by Gasteiger charge is -2.10. The third-order valence-corrected chi connectivity index (χ3v) is 3.18. The minimum atomic E-state index is 0.218. The van der Waals surface area contributed by atoms with Crippen molar-refractivity contribution in [3.8, 4) is 5.75 Å². The van der Waals surface area contributed by atoms with Crippen LogP contribution in [0.25, 0.3) is 0 Å². The Labute approximate surface area is 125 Å². The van der Waals surface area contributed by atoms with Crippen LogP contribution in [0, 0.1) is 0 Å². The van der Waals surface area contributed by atoms with E-state index in [1.165, 1.54) is 0 Å². The number of nitrogen functional groups attached to an aromatic ring is 1. The number of hydrogen-bond acceptors (Lipinski definition) is 6. The number of nitrogens with two attached hydrogens (primary N) is 1. The molecule has 0 aliphatic carbocycles. The van der Waals surface area contributed by atoms with E-state index < -0.39 is 0 Å². The predicted octanol–water partition coefficient (Wildman–Crippen LogP) is 3.01. The minimum absolute atomic E-state index is 0.218. The number of hydrogen-bond donors (Lipinski definition) is 3. The van der Waals surface area contributed by atoms with Gasteiger partial charge < -0.3 is 21.1 Å². The fourth-order valence-electron chi connectivity index (χ4n) is 1.69. The fraction of sp³-hybridized carbons (Fsp3) is 0.231. The first-order valence-electron chi connectivity index (χ1n) is 6.11. The Morgan fingerprint density at radius 2 is 2.00 bits per heavy atom. The number of anilines is 4. The predicted molar refractivity (Wildman–Crippen MR) is 84.6 cm³/mol. The minimum Gasteiger partial charge on any atom is -0.495 e. The summed E-state index contributed by atoms with van der Waals surface area (Å²) in [6.45, 7) is 2.76. The lowest BCUT2D eigenvalue weighted by molar-refractivity contribution is 0.412.